The average Bonchev–Trinajstić information content (AvgIpc) is 2.74. The van der Waals surface area contributed by atoms with Crippen molar-refractivity contribution in [3.05, 3.63) is 0 Å². The van der Waals surface area contributed by atoms with Crippen LogP contribution in [-0.4, -0.2) is 61.4 Å². The number of methoxy groups -OCH3 is 1. The summed E-state index contributed by atoms with van der Waals surface area (Å²) in [5.41, 5.74) is 0. The van der Waals surface area contributed by atoms with Crippen molar-refractivity contribution < 1.29 is 24.2 Å². The Kier molecular flexibility index (Phi) is 6.67. The van der Waals surface area contributed by atoms with Crippen molar-refractivity contribution >= 4 is 11.9 Å². The molecule has 1 atom stereocenters. The molecule has 104 valence electrons. The molecule has 1 saturated heterocycles. The Labute approximate surface area is 107 Å². The van der Waals surface area contributed by atoms with Crippen molar-refractivity contribution in [3.8, 4) is 0 Å². The number of amides is 1. The summed E-state index contributed by atoms with van der Waals surface area (Å²) in [4.78, 5) is 24.0. The summed E-state index contributed by atoms with van der Waals surface area (Å²) in [6, 6.07) is -0.0199. The number of aliphatic hydroxyl groups is 1. The van der Waals surface area contributed by atoms with Crippen molar-refractivity contribution in [1.29, 1.82) is 0 Å². The normalized spacial score (nSPS) is 19.3. The quantitative estimate of drug-likeness (QED) is 0.488. The number of carbonyl (C=O) groups is 2. The Balaban J connectivity index is 2.07. The van der Waals surface area contributed by atoms with Crippen LogP contribution >= 0.6 is 0 Å². The largest absolute Gasteiger partial charge is 0.467 e. The van der Waals surface area contributed by atoms with Crippen molar-refractivity contribution in [3.63, 3.8) is 0 Å². The fraction of sp³-hybridized carbons (Fsp3) is 0.833. The standard InChI is InChI=1S/C12H21NO5/c1-17-12(16)9-18-7-3-2-6-13-10(8-14)4-5-11(13)15/h10,14H,2-9H2,1H3. The third-order valence-corrected chi connectivity index (χ3v) is 3.05. The van der Waals surface area contributed by atoms with Gasteiger partial charge in [-0.05, 0) is 19.3 Å². The van der Waals surface area contributed by atoms with Gasteiger partial charge < -0.3 is 19.5 Å². The van der Waals surface area contributed by atoms with E-state index in [0.717, 1.165) is 19.3 Å². The van der Waals surface area contributed by atoms with Gasteiger partial charge in [-0.15, -0.1) is 0 Å². The molecule has 1 fully saturated rings. The van der Waals surface area contributed by atoms with Gasteiger partial charge in [-0.2, -0.15) is 0 Å². The smallest absolute Gasteiger partial charge is 0.331 e. The number of carbonyl (C=O) groups excluding carboxylic acids is 2. The molecule has 0 saturated carbocycles. The second-order valence-corrected chi connectivity index (χ2v) is 4.30. The molecule has 6 nitrogen and oxygen atoms in total. The minimum Gasteiger partial charge on any atom is -0.467 e. The van der Waals surface area contributed by atoms with Gasteiger partial charge in [0.2, 0.25) is 5.91 Å². The zero-order valence-corrected chi connectivity index (χ0v) is 10.8. The molecule has 0 radical (unpaired) electrons. The molecule has 0 aliphatic carbocycles. The van der Waals surface area contributed by atoms with Gasteiger partial charge in [0.15, 0.2) is 0 Å². The van der Waals surface area contributed by atoms with Gasteiger partial charge in [0.25, 0.3) is 0 Å². The van der Waals surface area contributed by atoms with Gasteiger partial charge in [-0.3, -0.25) is 4.79 Å². The fourth-order valence-corrected chi connectivity index (χ4v) is 1.99. The van der Waals surface area contributed by atoms with E-state index < -0.39 is 0 Å². The Morgan fingerprint density at radius 1 is 1.50 bits per heavy atom. The lowest BCUT2D eigenvalue weighted by molar-refractivity contribution is -0.145. The number of nitrogens with zero attached hydrogens (tertiary/aromatic N) is 1. The van der Waals surface area contributed by atoms with Crippen LogP contribution in [0, 0.1) is 0 Å². The molecule has 1 amide bonds. The maximum Gasteiger partial charge on any atom is 0.331 e. The Hall–Kier alpha value is -1.14. The number of ether oxygens (including phenoxy) is 2. The van der Waals surface area contributed by atoms with E-state index in [1.807, 2.05) is 0 Å². The molecule has 1 rings (SSSR count). The molecule has 1 heterocycles. The minimum absolute atomic E-state index is 0.0199. The van der Waals surface area contributed by atoms with E-state index in [0.29, 0.717) is 19.6 Å². The van der Waals surface area contributed by atoms with Crippen LogP contribution < -0.4 is 0 Å². The number of likely N-dealkylation sites (tertiary alicyclic amines) is 1. The number of hydrogen-bond acceptors (Lipinski definition) is 5. The third kappa shape index (κ3) is 4.62. The van der Waals surface area contributed by atoms with Gasteiger partial charge in [0.05, 0.1) is 19.8 Å². The van der Waals surface area contributed by atoms with Crippen LogP contribution in [0.1, 0.15) is 25.7 Å². The number of hydrogen-bond donors (Lipinski definition) is 1. The van der Waals surface area contributed by atoms with E-state index in [9.17, 15) is 9.59 Å². The highest BCUT2D eigenvalue weighted by molar-refractivity contribution is 5.78. The minimum atomic E-state index is -0.384. The zero-order valence-electron chi connectivity index (χ0n) is 10.8. The summed E-state index contributed by atoms with van der Waals surface area (Å²) >= 11 is 0. The van der Waals surface area contributed by atoms with Crippen LogP contribution in [0.3, 0.4) is 0 Å². The first kappa shape index (κ1) is 14.9. The van der Waals surface area contributed by atoms with Crippen molar-refractivity contribution in [2.24, 2.45) is 0 Å². The van der Waals surface area contributed by atoms with Gasteiger partial charge >= 0.3 is 5.97 Å². The molecule has 0 bridgehead atoms. The van der Waals surface area contributed by atoms with Crippen LogP contribution in [0.5, 0.6) is 0 Å². The lowest BCUT2D eigenvalue weighted by Gasteiger charge is -2.22. The van der Waals surface area contributed by atoms with Gasteiger partial charge in [0, 0.05) is 19.6 Å². The number of aliphatic hydroxyl groups excluding tert-OH is 1. The molecule has 0 aromatic carbocycles. The van der Waals surface area contributed by atoms with Gasteiger partial charge in [-0.1, -0.05) is 0 Å². The molecule has 1 aliphatic rings. The highest BCUT2D eigenvalue weighted by atomic mass is 16.6. The molecule has 0 aromatic heterocycles. The second kappa shape index (κ2) is 8.05. The van der Waals surface area contributed by atoms with Crippen molar-refractivity contribution in [1.82, 2.24) is 4.90 Å². The van der Waals surface area contributed by atoms with Crippen LogP contribution in [0.15, 0.2) is 0 Å². The first-order valence-electron chi connectivity index (χ1n) is 6.24. The molecular weight excluding hydrogens is 238 g/mol. The highest BCUT2D eigenvalue weighted by Gasteiger charge is 2.29. The predicted octanol–water partition coefficient (Wildman–Crippen LogP) is -0.0605. The fourth-order valence-electron chi connectivity index (χ4n) is 1.99. The lowest BCUT2D eigenvalue weighted by Crippen LogP contribution is -2.36. The SMILES string of the molecule is COC(=O)COCCCCN1C(=O)CCC1CO. The average molecular weight is 259 g/mol. The highest BCUT2D eigenvalue weighted by Crippen LogP contribution is 2.18. The van der Waals surface area contributed by atoms with Crippen molar-refractivity contribution in [2.75, 3.05) is 33.5 Å². The number of rotatable bonds is 8. The summed E-state index contributed by atoms with van der Waals surface area (Å²) in [6.45, 7) is 1.12. The maximum atomic E-state index is 11.5. The zero-order chi connectivity index (χ0) is 13.4. The first-order chi connectivity index (χ1) is 8.69. The van der Waals surface area contributed by atoms with E-state index >= 15 is 0 Å². The van der Waals surface area contributed by atoms with E-state index in [2.05, 4.69) is 4.74 Å². The van der Waals surface area contributed by atoms with Crippen LogP contribution in [0.2, 0.25) is 0 Å². The number of esters is 1. The summed E-state index contributed by atoms with van der Waals surface area (Å²) in [5.74, 6) is -0.269. The maximum absolute atomic E-state index is 11.5. The molecule has 1 unspecified atom stereocenters. The summed E-state index contributed by atoms with van der Waals surface area (Å²) in [7, 11) is 1.32. The van der Waals surface area contributed by atoms with E-state index in [1.54, 1.807) is 4.90 Å². The third-order valence-electron chi connectivity index (χ3n) is 3.05. The Morgan fingerprint density at radius 3 is 2.94 bits per heavy atom. The summed E-state index contributed by atoms with van der Waals surface area (Å²) in [5, 5.41) is 9.11. The van der Waals surface area contributed by atoms with Crippen LogP contribution in [0.25, 0.3) is 0 Å². The van der Waals surface area contributed by atoms with Gasteiger partial charge in [-0.25, -0.2) is 4.79 Å². The molecule has 18 heavy (non-hydrogen) atoms. The molecule has 6 heteroatoms. The first-order valence-corrected chi connectivity index (χ1v) is 6.24. The number of unbranched alkanes of at least 4 members (excludes halogenated alkanes) is 1. The predicted molar refractivity (Wildman–Crippen MR) is 63.9 cm³/mol. The molecule has 1 N–H and O–H groups in total. The van der Waals surface area contributed by atoms with Crippen molar-refractivity contribution in [2.45, 2.75) is 31.7 Å². The van der Waals surface area contributed by atoms with E-state index in [4.69, 9.17) is 9.84 Å². The Bertz CT molecular complexity index is 282. The summed E-state index contributed by atoms with van der Waals surface area (Å²) in [6.07, 6.45) is 2.86. The topological polar surface area (TPSA) is 76.1 Å². The molecule has 0 spiro atoms. The van der Waals surface area contributed by atoms with Crippen LogP contribution in [-0.2, 0) is 19.1 Å². The summed E-state index contributed by atoms with van der Waals surface area (Å²) < 4.78 is 9.54. The lowest BCUT2D eigenvalue weighted by atomic mass is 10.2. The van der Waals surface area contributed by atoms with E-state index in [1.165, 1.54) is 7.11 Å². The second-order valence-electron chi connectivity index (χ2n) is 4.30. The van der Waals surface area contributed by atoms with Crippen LogP contribution in [0.4, 0.5) is 0 Å². The molecular formula is C12H21NO5. The molecule has 1 aliphatic heterocycles. The molecule has 0 aromatic rings. The monoisotopic (exact) mass is 259 g/mol. The Morgan fingerprint density at radius 2 is 2.28 bits per heavy atom. The van der Waals surface area contributed by atoms with E-state index in [-0.39, 0.29) is 31.1 Å². The van der Waals surface area contributed by atoms with Gasteiger partial charge in [0.1, 0.15) is 6.61 Å².